The predicted molar refractivity (Wildman–Crippen MR) is 129 cm³/mol. The van der Waals surface area contributed by atoms with Gasteiger partial charge in [-0.1, -0.05) is 13.8 Å². The summed E-state index contributed by atoms with van der Waals surface area (Å²) in [5.41, 5.74) is 10.4. The third-order valence-electron chi connectivity index (χ3n) is 5.44. The third kappa shape index (κ3) is 10.9. The van der Waals surface area contributed by atoms with Gasteiger partial charge in [0.2, 0.25) is 23.6 Å². The van der Waals surface area contributed by atoms with Crippen molar-refractivity contribution >= 4 is 35.6 Å². The number of guanidine groups is 1. The SMILES string of the molecule is CC(C)[C@H](NC(=O)[C@@H]1CCCN1)C(=O)N[C@@H](CO)C(=O)NCC(=O)N[C@@H](CCCN=C(N)N)C(=O)O. The van der Waals surface area contributed by atoms with Crippen LogP contribution in [-0.2, 0) is 24.0 Å². The first kappa shape index (κ1) is 30.6. The van der Waals surface area contributed by atoms with Gasteiger partial charge >= 0.3 is 5.97 Å². The topological polar surface area (TPSA) is 250 Å². The molecule has 1 heterocycles. The van der Waals surface area contributed by atoms with Gasteiger partial charge < -0.3 is 48.3 Å². The van der Waals surface area contributed by atoms with Gasteiger partial charge in [-0.15, -0.1) is 0 Å². The molecule has 0 aliphatic carbocycles. The molecular weight excluding hydrogens is 476 g/mol. The van der Waals surface area contributed by atoms with Crippen molar-refractivity contribution in [1.29, 1.82) is 0 Å². The summed E-state index contributed by atoms with van der Waals surface area (Å²) >= 11 is 0. The molecule has 1 saturated heterocycles. The highest BCUT2D eigenvalue weighted by Gasteiger charge is 2.31. The lowest BCUT2D eigenvalue weighted by Crippen LogP contribution is -2.58. The number of hydrogen-bond acceptors (Lipinski definition) is 8. The minimum atomic E-state index is -1.39. The summed E-state index contributed by atoms with van der Waals surface area (Å²) in [5, 5.41) is 31.4. The number of carboxylic acid groups (broad SMARTS) is 1. The van der Waals surface area contributed by atoms with Gasteiger partial charge in [0.1, 0.15) is 18.1 Å². The van der Waals surface area contributed by atoms with E-state index < -0.39 is 61.0 Å². The Hall–Kier alpha value is -3.46. The molecule has 0 bridgehead atoms. The summed E-state index contributed by atoms with van der Waals surface area (Å²) in [7, 11) is 0. The molecule has 0 aromatic rings. The first-order chi connectivity index (χ1) is 17.0. The van der Waals surface area contributed by atoms with E-state index in [0.717, 1.165) is 6.42 Å². The Morgan fingerprint density at radius 2 is 1.75 bits per heavy atom. The smallest absolute Gasteiger partial charge is 0.326 e. The van der Waals surface area contributed by atoms with Crippen LogP contribution in [0, 0.1) is 5.92 Å². The molecule has 0 aromatic carbocycles. The standard InChI is InChI=1S/C21H38N8O7/c1-11(2)16(29-18(33)12-5-3-7-24-12)19(34)28-14(10-30)17(32)26-9-15(31)27-13(20(35)36)6-4-8-25-21(22)23/h11-14,16,24,30H,3-10H2,1-2H3,(H,26,32)(H,27,31)(H,28,34)(H,29,33)(H,35,36)(H4,22,23,25)/t12-,13-,14-,16-/m0/s1. The van der Waals surface area contributed by atoms with Gasteiger partial charge in [-0.05, 0) is 38.1 Å². The van der Waals surface area contributed by atoms with Gasteiger partial charge in [0.05, 0.1) is 19.2 Å². The first-order valence-corrected chi connectivity index (χ1v) is 11.8. The van der Waals surface area contributed by atoms with E-state index in [-0.39, 0.29) is 30.8 Å². The second-order valence-electron chi connectivity index (χ2n) is 8.75. The number of carboxylic acids is 1. The molecule has 1 aliphatic heterocycles. The van der Waals surface area contributed by atoms with Crippen LogP contribution in [0.4, 0.5) is 0 Å². The predicted octanol–water partition coefficient (Wildman–Crippen LogP) is -3.90. The Morgan fingerprint density at radius 3 is 2.28 bits per heavy atom. The maximum Gasteiger partial charge on any atom is 0.326 e. The molecule has 36 heavy (non-hydrogen) atoms. The molecule has 0 aromatic heterocycles. The van der Waals surface area contributed by atoms with Gasteiger partial charge in [0, 0.05) is 6.54 Å². The summed E-state index contributed by atoms with van der Waals surface area (Å²) in [6.07, 6.45) is 1.85. The van der Waals surface area contributed by atoms with E-state index in [2.05, 4.69) is 31.6 Å². The Bertz CT molecular complexity index is 810. The van der Waals surface area contributed by atoms with E-state index in [1.807, 2.05) is 0 Å². The lowest BCUT2D eigenvalue weighted by molar-refractivity contribution is -0.142. The lowest BCUT2D eigenvalue weighted by atomic mass is 10.0. The second kappa shape index (κ2) is 15.5. The minimum Gasteiger partial charge on any atom is -0.480 e. The van der Waals surface area contributed by atoms with E-state index >= 15 is 0 Å². The Morgan fingerprint density at radius 1 is 1.06 bits per heavy atom. The van der Waals surface area contributed by atoms with Gasteiger partial charge in [-0.2, -0.15) is 0 Å². The highest BCUT2D eigenvalue weighted by molar-refractivity contribution is 5.94. The van der Waals surface area contributed by atoms with Gasteiger partial charge in [-0.25, -0.2) is 4.79 Å². The number of amides is 4. The number of carbonyl (C=O) groups is 5. The maximum absolute atomic E-state index is 12.7. The summed E-state index contributed by atoms with van der Waals surface area (Å²) in [6, 6.07) is -3.94. The molecule has 1 rings (SSSR count). The van der Waals surface area contributed by atoms with E-state index in [1.54, 1.807) is 13.8 Å². The molecule has 204 valence electrons. The van der Waals surface area contributed by atoms with Crippen LogP contribution in [0.15, 0.2) is 4.99 Å². The number of aliphatic imine (C=N–C) groups is 1. The van der Waals surface area contributed by atoms with Crippen LogP contribution < -0.4 is 38.1 Å². The number of rotatable bonds is 15. The fraction of sp³-hybridized carbons (Fsp3) is 0.714. The van der Waals surface area contributed by atoms with Gasteiger partial charge in [0.15, 0.2) is 5.96 Å². The molecule has 15 nitrogen and oxygen atoms in total. The van der Waals surface area contributed by atoms with E-state index in [0.29, 0.717) is 19.4 Å². The summed E-state index contributed by atoms with van der Waals surface area (Å²) in [5.74, 6) is -4.33. The molecule has 0 unspecified atom stereocenters. The first-order valence-electron chi connectivity index (χ1n) is 11.8. The van der Waals surface area contributed by atoms with E-state index in [4.69, 9.17) is 11.5 Å². The van der Waals surface area contributed by atoms with Crippen LogP contribution in [-0.4, -0.2) is 96.2 Å². The molecule has 4 atom stereocenters. The second-order valence-corrected chi connectivity index (χ2v) is 8.75. The van der Waals surface area contributed by atoms with Crippen LogP contribution in [0.25, 0.3) is 0 Å². The number of nitrogens with two attached hydrogens (primary N) is 2. The molecule has 15 heteroatoms. The largest absolute Gasteiger partial charge is 0.480 e. The zero-order chi connectivity index (χ0) is 27.3. The molecule has 1 fully saturated rings. The van der Waals surface area contributed by atoms with Crippen LogP contribution in [0.5, 0.6) is 0 Å². The third-order valence-corrected chi connectivity index (χ3v) is 5.44. The van der Waals surface area contributed by atoms with Crippen LogP contribution >= 0.6 is 0 Å². The Kier molecular flexibility index (Phi) is 13.2. The number of aliphatic carboxylic acids is 1. The fourth-order valence-corrected chi connectivity index (χ4v) is 3.45. The molecular formula is C21H38N8O7. The van der Waals surface area contributed by atoms with Gasteiger partial charge in [0.25, 0.3) is 0 Å². The maximum atomic E-state index is 12.7. The summed E-state index contributed by atoms with van der Waals surface area (Å²) in [4.78, 5) is 64.7. The van der Waals surface area contributed by atoms with E-state index in [1.165, 1.54) is 0 Å². The van der Waals surface area contributed by atoms with Crippen molar-refractivity contribution in [2.45, 2.75) is 63.7 Å². The van der Waals surface area contributed by atoms with Crippen LogP contribution in [0.3, 0.4) is 0 Å². The molecule has 4 amide bonds. The van der Waals surface area contributed by atoms with Crippen molar-refractivity contribution < 1.29 is 34.2 Å². The molecule has 0 spiro atoms. The van der Waals surface area contributed by atoms with Crippen molar-refractivity contribution in [3.05, 3.63) is 0 Å². The average molecular weight is 515 g/mol. The van der Waals surface area contributed by atoms with Crippen molar-refractivity contribution in [2.75, 3.05) is 26.2 Å². The fourth-order valence-electron chi connectivity index (χ4n) is 3.45. The number of carbonyl (C=O) groups excluding carboxylic acids is 4. The summed E-state index contributed by atoms with van der Waals surface area (Å²) < 4.78 is 0. The van der Waals surface area contributed by atoms with Crippen molar-refractivity contribution in [1.82, 2.24) is 26.6 Å². The van der Waals surface area contributed by atoms with Gasteiger partial charge in [-0.3, -0.25) is 24.2 Å². The number of hydrogen-bond donors (Lipinski definition) is 9. The minimum absolute atomic E-state index is 0.0554. The van der Waals surface area contributed by atoms with Crippen LogP contribution in [0.2, 0.25) is 0 Å². The number of nitrogens with zero attached hydrogens (tertiary/aromatic N) is 1. The van der Waals surface area contributed by atoms with E-state index in [9.17, 15) is 34.2 Å². The van der Waals surface area contributed by atoms with Crippen molar-refractivity contribution in [2.24, 2.45) is 22.4 Å². The summed E-state index contributed by atoms with van der Waals surface area (Å²) in [6.45, 7) is 3.00. The van der Waals surface area contributed by atoms with Crippen LogP contribution in [0.1, 0.15) is 39.5 Å². The number of nitrogens with one attached hydrogen (secondary N) is 5. The zero-order valence-electron chi connectivity index (χ0n) is 20.6. The zero-order valence-corrected chi connectivity index (χ0v) is 20.6. The quantitative estimate of drug-likeness (QED) is 0.0583. The van der Waals surface area contributed by atoms with Crippen molar-refractivity contribution in [3.8, 4) is 0 Å². The Balaban J connectivity index is 2.59. The normalized spacial score (nSPS) is 17.4. The monoisotopic (exact) mass is 514 g/mol. The molecule has 11 N–H and O–H groups in total. The number of aliphatic hydroxyl groups excluding tert-OH is 1. The Labute approximate surface area is 209 Å². The average Bonchev–Trinajstić information content (AvgIpc) is 3.35. The highest BCUT2D eigenvalue weighted by atomic mass is 16.4. The highest BCUT2D eigenvalue weighted by Crippen LogP contribution is 2.08. The van der Waals surface area contributed by atoms with Crippen molar-refractivity contribution in [3.63, 3.8) is 0 Å². The number of aliphatic hydroxyl groups is 1. The lowest BCUT2D eigenvalue weighted by Gasteiger charge is -2.25. The molecule has 1 aliphatic rings. The molecule has 0 radical (unpaired) electrons. The molecule has 0 saturated carbocycles.